The Morgan fingerprint density at radius 3 is 2.92 bits per heavy atom. The Morgan fingerprint density at radius 1 is 1.29 bits per heavy atom. The number of rotatable bonds is 6. The van der Waals surface area contributed by atoms with E-state index in [-0.39, 0.29) is 12.6 Å². The molecule has 2 heterocycles. The van der Waals surface area contributed by atoms with Gasteiger partial charge in [0.1, 0.15) is 0 Å². The van der Waals surface area contributed by atoms with Crippen molar-refractivity contribution in [2.24, 2.45) is 5.92 Å². The number of hydrogen-bond acceptors (Lipinski definition) is 5. The summed E-state index contributed by atoms with van der Waals surface area (Å²) in [5, 5.41) is 12.9. The fourth-order valence-corrected chi connectivity index (χ4v) is 3.29. The average Bonchev–Trinajstić information content (AvgIpc) is 2.67. The van der Waals surface area contributed by atoms with Crippen molar-refractivity contribution < 1.29 is 5.11 Å². The third kappa shape index (κ3) is 4.30. The molecule has 2 aromatic rings. The number of hydrogen-bond donors (Lipinski definition) is 2. The summed E-state index contributed by atoms with van der Waals surface area (Å²) in [6.07, 6.45) is 6.03. The minimum Gasteiger partial charge on any atom is -0.392 e. The summed E-state index contributed by atoms with van der Waals surface area (Å²) in [6.45, 7) is 5.29. The van der Waals surface area contributed by atoms with Gasteiger partial charge in [0, 0.05) is 38.1 Å². The zero-order chi connectivity index (χ0) is 16.8. The van der Waals surface area contributed by atoms with Gasteiger partial charge in [-0.3, -0.25) is 0 Å². The van der Waals surface area contributed by atoms with Gasteiger partial charge in [0.05, 0.1) is 6.61 Å². The van der Waals surface area contributed by atoms with Crippen molar-refractivity contribution in [2.75, 3.05) is 24.5 Å². The molecule has 2 N–H and O–H groups in total. The lowest BCUT2D eigenvalue weighted by molar-refractivity contribution is 0.281. The molecule has 5 nitrogen and oxygen atoms in total. The summed E-state index contributed by atoms with van der Waals surface area (Å²) in [5.41, 5.74) is 2.19. The van der Waals surface area contributed by atoms with Crippen LogP contribution in [0.2, 0.25) is 0 Å². The first-order valence-corrected chi connectivity index (χ1v) is 8.71. The van der Waals surface area contributed by atoms with Crippen LogP contribution in [0.1, 0.15) is 36.9 Å². The number of benzene rings is 1. The van der Waals surface area contributed by atoms with E-state index in [0.717, 1.165) is 31.1 Å². The standard InChI is InChI=1S/C19H26N4O/c1-15(18-7-2-5-16(11-18)14-24)22-12-17-6-3-10-23(13-17)19-20-8-4-9-21-19/h2,4-5,7-9,11,15,17,22,24H,3,6,10,12-14H2,1H3. The second-order valence-corrected chi connectivity index (χ2v) is 6.54. The number of nitrogens with zero attached hydrogens (tertiary/aromatic N) is 3. The molecule has 1 aromatic carbocycles. The molecule has 2 atom stereocenters. The molecule has 1 fully saturated rings. The molecule has 5 heteroatoms. The first kappa shape index (κ1) is 16.9. The van der Waals surface area contributed by atoms with E-state index in [9.17, 15) is 5.11 Å². The Kier molecular flexibility index (Phi) is 5.77. The lowest BCUT2D eigenvalue weighted by Gasteiger charge is -2.33. The molecule has 128 valence electrons. The fourth-order valence-electron chi connectivity index (χ4n) is 3.29. The molecule has 0 saturated carbocycles. The van der Waals surface area contributed by atoms with E-state index in [1.54, 1.807) is 12.4 Å². The van der Waals surface area contributed by atoms with Crippen molar-refractivity contribution in [3.8, 4) is 0 Å². The van der Waals surface area contributed by atoms with Crippen LogP contribution in [0.4, 0.5) is 5.95 Å². The summed E-state index contributed by atoms with van der Waals surface area (Å²) in [4.78, 5) is 11.0. The van der Waals surface area contributed by atoms with E-state index < -0.39 is 0 Å². The number of anilines is 1. The van der Waals surface area contributed by atoms with Crippen LogP contribution in [-0.4, -0.2) is 34.7 Å². The zero-order valence-corrected chi connectivity index (χ0v) is 14.2. The Labute approximate surface area is 143 Å². The number of aromatic nitrogens is 2. The molecule has 24 heavy (non-hydrogen) atoms. The van der Waals surface area contributed by atoms with Crippen LogP contribution in [0.5, 0.6) is 0 Å². The van der Waals surface area contributed by atoms with Crippen molar-refractivity contribution >= 4 is 5.95 Å². The van der Waals surface area contributed by atoms with Crippen LogP contribution in [0, 0.1) is 5.92 Å². The van der Waals surface area contributed by atoms with E-state index in [1.165, 1.54) is 18.4 Å². The maximum atomic E-state index is 9.28. The van der Waals surface area contributed by atoms with Crippen LogP contribution in [0.3, 0.4) is 0 Å². The van der Waals surface area contributed by atoms with Crippen LogP contribution in [0.15, 0.2) is 42.7 Å². The van der Waals surface area contributed by atoms with Gasteiger partial charge in [-0.25, -0.2) is 9.97 Å². The molecular weight excluding hydrogens is 300 g/mol. The van der Waals surface area contributed by atoms with E-state index in [4.69, 9.17) is 0 Å². The number of piperidine rings is 1. The molecule has 0 amide bonds. The SMILES string of the molecule is CC(NCC1CCCN(c2ncccn2)C1)c1cccc(CO)c1. The van der Waals surface area contributed by atoms with Crippen LogP contribution in [-0.2, 0) is 6.61 Å². The second-order valence-electron chi connectivity index (χ2n) is 6.54. The first-order chi connectivity index (χ1) is 11.8. The van der Waals surface area contributed by atoms with E-state index in [2.05, 4.69) is 39.2 Å². The van der Waals surface area contributed by atoms with Gasteiger partial charge in [-0.15, -0.1) is 0 Å². The highest BCUT2D eigenvalue weighted by Gasteiger charge is 2.22. The van der Waals surface area contributed by atoms with Crippen LogP contribution >= 0.6 is 0 Å². The van der Waals surface area contributed by atoms with Gasteiger partial charge in [-0.1, -0.05) is 24.3 Å². The molecule has 0 bridgehead atoms. The van der Waals surface area contributed by atoms with Gasteiger partial charge in [0.2, 0.25) is 5.95 Å². The number of nitrogens with one attached hydrogen (secondary N) is 1. The summed E-state index contributed by atoms with van der Waals surface area (Å²) in [6, 6.07) is 10.3. The second kappa shape index (κ2) is 8.22. The zero-order valence-electron chi connectivity index (χ0n) is 14.2. The minimum absolute atomic E-state index is 0.0925. The summed E-state index contributed by atoms with van der Waals surface area (Å²) >= 11 is 0. The molecule has 1 aromatic heterocycles. The quantitative estimate of drug-likeness (QED) is 0.854. The third-order valence-electron chi connectivity index (χ3n) is 4.70. The van der Waals surface area contributed by atoms with Crippen LogP contribution in [0.25, 0.3) is 0 Å². The van der Waals surface area contributed by atoms with Crippen LogP contribution < -0.4 is 10.2 Å². The first-order valence-electron chi connectivity index (χ1n) is 8.71. The van der Waals surface area contributed by atoms with Gasteiger partial charge in [-0.2, -0.15) is 0 Å². The molecule has 1 saturated heterocycles. The largest absolute Gasteiger partial charge is 0.392 e. The molecule has 0 radical (unpaired) electrons. The topological polar surface area (TPSA) is 61.3 Å². The molecule has 1 aliphatic rings. The van der Waals surface area contributed by atoms with Gasteiger partial charge in [0.25, 0.3) is 0 Å². The van der Waals surface area contributed by atoms with Gasteiger partial charge in [-0.05, 0) is 42.9 Å². The molecule has 3 rings (SSSR count). The summed E-state index contributed by atoms with van der Waals surface area (Å²) in [7, 11) is 0. The highest BCUT2D eigenvalue weighted by molar-refractivity contribution is 5.29. The lowest BCUT2D eigenvalue weighted by atomic mass is 9.97. The van der Waals surface area contributed by atoms with E-state index >= 15 is 0 Å². The van der Waals surface area contributed by atoms with Crippen molar-refractivity contribution in [1.29, 1.82) is 0 Å². The Bertz CT molecular complexity index is 634. The normalized spacial score (nSPS) is 19.2. The molecule has 0 aliphatic carbocycles. The number of aliphatic hydroxyl groups is 1. The Hall–Kier alpha value is -1.98. The predicted molar refractivity (Wildman–Crippen MR) is 95.8 cm³/mol. The summed E-state index contributed by atoms with van der Waals surface area (Å²) < 4.78 is 0. The summed E-state index contributed by atoms with van der Waals surface area (Å²) in [5.74, 6) is 1.44. The van der Waals surface area contributed by atoms with Gasteiger partial charge < -0.3 is 15.3 Å². The fraction of sp³-hybridized carbons (Fsp3) is 0.474. The van der Waals surface area contributed by atoms with Gasteiger partial charge >= 0.3 is 0 Å². The highest BCUT2D eigenvalue weighted by Crippen LogP contribution is 2.21. The molecule has 2 unspecified atom stereocenters. The Balaban J connectivity index is 1.54. The van der Waals surface area contributed by atoms with E-state index in [0.29, 0.717) is 5.92 Å². The third-order valence-corrected chi connectivity index (χ3v) is 4.70. The van der Waals surface area contributed by atoms with Crippen molar-refractivity contribution in [3.63, 3.8) is 0 Å². The van der Waals surface area contributed by atoms with E-state index in [1.807, 2.05) is 18.2 Å². The lowest BCUT2D eigenvalue weighted by Crippen LogP contribution is -2.40. The smallest absolute Gasteiger partial charge is 0.225 e. The average molecular weight is 326 g/mol. The molecule has 1 aliphatic heterocycles. The molecule has 0 spiro atoms. The van der Waals surface area contributed by atoms with Gasteiger partial charge in [0.15, 0.2) is 0 Å². The maximum absolute atomic E-state index is 9.28. The maximum Gasteiger partial charge on any atom is 0.225 e. The monoisotopic (exact) mass is 326 g/mol. The number of aliphatic hydroxyl groups excluding tert-OH is 1. The molecular formula is C19H26N4O. The van der Waals surface area contributed by atoms with Crippen molar-refractivity contribution in [2.45, 2.75) is 32.4 Å². The Morgan fingerprint density at radius 2 is 2.12 bits per heavy atom. The predicted octanol–water partition coefficient (Wildman–Crippen LogP) is 2.54. The van der Waals surface area contributed by atoms with Crippen molar-refractivity contribution in [3.05, 3.63) is 53.9 Å². The minimum atomic E-state index is 0.0925. The highest BCUT2D eigenvalue weighted by atomic mass is 16.3. The van der Waals surface area contributed by atoms with Crippen molar-refractivity contribution in [1.82, 2.24) is 15.3 Å².